The number of ether oxygens (including phenoxy) is 2. The average molecular weight is 389 g/mol. The molecule has 8 heteroatoms. The van der Waals surface area contributed by atoms with Crippen molar-refractivity contribution in [3.05, 3.63) is 29.8 Å². The second kappa shape index (κ2) is 9.05. The molecule has 0 bridgehead atoms. The Bertz CT molecular complexity index is 721. The molecule has 1 saturated carbocycles. The molecule has 2 aliphatic rings. The van der Waals surface area contributed by atoms with Crippen LogP contribution < -0.4 is 15.4 Å². The highest BCUT2D eigenvalue weighted by atomic mass is 16.5. The Balaban J connectivity index is 1.53. The van der Waals surface area contributed by atoms with E-state index < -0.39 is 6.03 Å². The smallest absolute Gasteiger partial charge is 0.324 e. The van der Waals surface area contributed by atoms with Crippen molar-refractivity contribution in [1.82, 2.24) is 15.5 Å². The van der Waals surface area contributed by atoms with Crippen molar-refractivity contribution in [3.8, 4) is 5.75 Å². The molecule has 0 radical (unpaired) electrons. The quantitative estimate of drug-likeness (QED) is 0.733. The Labute approximate surface area is 164 Å². The van der Waals surface area contributed by atoms with Crippen LogP contribution in [-0.2, 0) is 20.9 Å². The van der Waals surface area contributed by atoms with Crippen molar-refractivity contribution in [1.29, 1.82) is 0 Å². The molecule has 1 aliphatic carbocycles. The molecule has 3 rings (SSSR count). The minimum atomic E-state index is -0.400. The fourth-order valence-electron chi connectivity index (χ4n) is 3.87. The Morgan fingerprint density at radius 3 is 2.64 bits per heavy atom. The third-order valence-corrected chi connectivity index (χ3v) is 5.50. The number of methoxy groups -OCH3 is 2. The first-order valence-electron chi connectivity index (χ1n) is 9.55. The van der Waals surface area contributed by atoms with E-state index in [-0.39, 0.29) is 36.2 Å². The van der Waals surface area contributed by atoms with Gasteiger partial charge < -0.3 is 20.1 Å². The van der Waals surface area contributed by atoms with Crippen LogP contribution in [0.3, 0.4) is 0 Å². The Kier molecular flexibility index (Phi) is 6.51. The highest BCUT2D eigenvalue weighted by Gasteiger charge is 2.45. The molecular formula is C20H27N3O5. The SMILES string of the molecule is COCCN1C(=O)NC2CC(C(=O)NCc3ccc(OC)cc3)CCC2C1=O. The summed E-state index contributed by atoms with van der Waals surface area (Å²) in [7, 11) is 3.14. The number of amides is 4. The van der Waals surface area contributed by atoms with Crippen molar-refractivity contribution >= 4 is 17.8 Å². The standard InChI is InChI=1S/C20H27N3O5/c1-27-10-9-23-19(25)16-8-5-14(11-17(16)22-20(23)26)18(24)21-12-13-3-6-15(28-2)7-4-13/h3-4,6-7,14,16-17H,5,8-12H2,1-2H3,(H,21,24)(H,22,26). The number of fused-ring (bicyclic) bond motifs is 1. The number of rotatable bonds is 7. The van der Waals surface area contributed by atoms with Crippen molar-refractivity contribution < 1.29 is 23.9 Å². The maximum absolute atomic E-state index is 12.6. The number of imide groups is 1. The predicted octanol–water partition coefficient (Wildman–Crippen LogP) is 1.29. The number of carbonyl (C=O) groups is 3. The van der Waals surface area contributed by atoms with E-state index in [4.69, 9.17) is 9.47 Å². The second-order valence-corrected chi connectivity index (χ2v) is 7.22. The van der Waals surface area contributed by atoms with E-state index >= 15 is 0 Å². The van der Waals surface area contributed by atoms with Gasteiger partial charge in [0.25, 0.3) is 0 Å². The number of benzene rings is 1. The number of nitrogens with zero attached hydrogens (tertiary/aromatic N) is 1. The lowest BCUT2D eigenvalue weighted by molar-refractivity contribution is -0.139. The zero-order chi connectivity index (χ0) is 20.1. The van der Waals surface area contributed by atoms with Gasteiger partial charge >= 0.3 is 6.03 Å². The minimum absolute atomic E-state index is 0.0437. The van der Waals surface area contributed by atoms with Crippen LogP contribution in [0.4, 0.5) is 4.79 Å². The molecule has 3 unspecified atom stereocenters. The van der Waals surface area contributed by atoms with Gasteiger partial charge in [0.15, 0.2) is 0 Å². The first-order chi connectivity index (χ1) is 13.5. The first kappa shape index (κ1) is 20.1. The average Bonchev–Trinajstić information content (AvgIpc) is 2.71. The normalized spacial score (nSPS) is 24.4. The second-order valence-electron chi connectivity index (χ2n) is 7.22. The molecule has 3 atom stereocenters. The molecule has 1 heterocycles. The number of hydrogen-bond acceptors (Lipinski definition) is 5. The van der Waals surface area contributed by atoms with E-state index in [2.05, 4.69) is 10.6 Å². The van der Waals surface area contributed by atoms with Crippen LogP contribution in [0.25, 0.3) is 0 Å². The van der Waals surface area contributed by atoms with Crippen LogP contribution in [-0.4, -0.2) is 56.2 Å². The zero-order valence-electron chi connectivity index (χ0n) is 16.3. The molecule has 1 saturated heterocycles. The highest BCUT2D eigenvalue weighted by molar-refractivity contribution is 5.99. The molecule has 28 heavy (non-hydrogen) atoms. The molecule has 152 valence electrons. The third kappa shape index (κ3) is 4.44. The van der Waals surface area contributed by atoms with Gasteiger partial charge in [-0.25, -0.2) is 4.79 Å². The summed E-state index contributed by atoms with van der Waals surface area (Å²) >= 11 is 0. The molecule has 8 nitrogen and oxygen atoms in total. The predicted molar refractivity (Wildman–Crippen MR) is 102 cm³/mol. The van der Waals surface area contributed by atoms with Crippen molar-refractivity contribution in [3.63, 3.8) is 0 Å². The number of carbonyl (C=O) groups excluding carboxylic acids is 3. The topological polar surface area (TPSA) is 97.0 Å². The van der Waals surface area contributed by atoms with Crippen LogP contribution in [0.2, 0.25) is 0 Å². The van der Waals surface area contributed by atoms with Gasteiger partial charge in [0.2, 0.25) is 11.8 Å². The Hall–Kier alpha value is -2.61. The molecule has 2 N–H and O–H groups in total. The number of nitrogens with one attached hydrogen (secondary N) is 2. The molecule has 1 aliphatic heterocycles. The van der Waals surface area contributed by atoms with E-state index in [1.807, 2.05) is 24.3 Å². The fraction of sp³-hybridized carbons (Fsp3) is 0.550. The molecular weight excluding hydrogens is 362 g/mol. The van der Waals surface area contributed by atoms with E-state index in [0.29, 0.717) is 32.4 Å². The van der Waals surface area contributed by atoms with E-state index in [1.54, 1.807) is 7.11 Å². The van der Waals surface area contributed by atoms with Gasteiger partial charge in [-0.2, -0.15) is 0 Å². The maximum Gasteiger partial charge on any atom is 0.324 e. The monoisotopic (exact) mass is 389 g/mol. The molecule has 1 aromatic carbocycles. The Morgan fingerprint density at radius 2 is 1.96 bits per heavy atom. The van der Waals surface area contributed by atoms with Crippen molar-refractivity contribution in [2.45, 2.75) is 31.8 Å². The lowest BCUT2D eigenvalue weighted by Crippen LogP contribution is -2.62. The fourth-order valence-corrected chi connectivity index (χ4v) is 3.87. The van der Waals surface area contributed by atoms with Gasteiger partial charge in [-0.3, -0.25) is 14.5 Å². The van der Waals surface area contributed by atoms with Gasteiger partial charge in [-0.05, 0) is 37.0 Å². The van der Waals surface area contributed by atoms with Crippen molar-refractivity contribution in [2.75, 3.05) is 27.4 Å². The van der Waals surface area contributed by atoms with E-state index in [1.165, 1.54) is 12.0 Å². The lowest BCUT2D eigenvalue weighted by Gasteiger charge is -2.41. The van der Waals surface area contributed by atoms with Crippen molar-refractivity contribution in [2.24, 2.45) is 11.8 Å². The summed E-state index contributed by atoms with van der Waals surface area (Å²) in [6.45, 7) is 0.993. The Morgan fingerprint density at radius 1 is 1.21 bits per heavy atom. The zero-order valence-corrected chi connectivity index (χ0v) is 16.3. The largest absolute Gasteiger partial charge is 0.497 e. The van der Waals surface area contributed by atoms with Crippen LogP contribution in [0, 0.1) is 11.8 Å². The van der Waals surface area contributed by atoms with Crippen LogP contribution in [0.5, 0.6) is 5.75 Å². The van der Waals surface area contributed by atoms with Crippen LogP contribution in [0.1, 0.15) is 24.8 Å². The number of urea groups is 1. The summed E-state index contributed by atoms with van der Waals surface area (Å²) < 4.78 is 10.1. The molecule has 0 spiro atoms. The molecule has 0 aromatic heterocycles. The van der Waals surface area contributed by atoms with Crippen LogP contribution >= 0.6 is 0 Å². The summed E-state index contributed by atoms with van der Waals surface area (Å²) in [4.78, 5) is 38.6. The minimum Gasteiger partial charge on any atom is -0.497 e. The van der Waals surface area contributed by atoms with Crippen LogP contribution in [0.15, 0.2) is 24.3 Å². The van der Waals surface area contributed by atoms with Gasteiger partial charge in [-0.1, -0.05) is 12.1 Å². The number of hydrogen-bond donors (Lipinski definition) is 2. The van der Waals surface area contributed by atoms with E-state index in [9.17, 15) is 14.4 Å². The summed E-state index contributed by atoms with van der Waals surface area (Å²) in [5, 5.41) is 5.85. The highest BCUT2D eigenvalue weighted by Crippen LogP contribution is 2.33. The molecule has 4 amide bonds. The lowest BCUT2D eigenvalue weighted by atomic mass is 9.76. The summed E-state index contributed by atoms with van der Waals surface area (Å²) in [6.07, 6.45) is 1.71. The summed E-state index contributed by atoms with van der Waals surface area (Å²) in [5.41, 5.74) is 0.984. The van der Waals surface area contributed by atoms with Gasteiger partial charge in [0.05, 0.1) is 26.2 Å². The van der Waals surface area contributed by atoms with Gasteiger partial charge in [0.1, 0.15) is 5.75 Å². The third-order valence-electron chi connectivity index (χ3n) is 5.50. The molecule has 1 aromatic rings. The van der Waals surface area contributed by atoms with E-state index in [0.717, 1.165) is 11.3 Å². The maximum atomic E-state index is 12.6. The summed E-state index contributed by atoms with van der Waals surface area (Å²) in [5.74, 6) is 0.0876. The summed E-state index contributed by atoms with van der Waals surface area (Å²) in [6, 6.07) is 6.83. The van der Waals surface area contributed by atoms with Gasteiger partial charge in [0, 0.05) is 25.6 Å². The molecule has 2 fully saturated rings. The first-order valence-corrected chi connectivity index (χ1v) is 9.55. The van der Waals surface area contributed by atoms with Gasteiger partial charge in [-0.15, -0.1) is 0 Å².